The Morgan fingerprint density at radius 1 is 0.632 bits per heavy atom. The van der Waals surface area contributed by atoms with Crippen molar-refractivity contribution >= 4 is 34.0 Å². The van der Waals surface area contributed by atoms with Gasteiger partial charge in [0.1, 0.15) is 12.9 Å². The van der Waals surface area contributed by atoms with Gasteiger partial charge in [0.2, 0.25) is 0 Å². The molecule has 0 amide bonds. The molecule has 0 saturated heterocycles. The molecule has 6 rings (SSSR count). The Morgan fingerprint density at radius 3 is 1.68 bits per heavy atom. The van der Waals surface area contributed by atoms with E-state index in [1.807, 2.05) is 0 Å². The summed E-state index contributed by atoms with van der Waals surface area (Å²) >= 11 is 0. The summed E-state index contributed by atoms with van der Waals surface area (Å²) in [6.45, 7) is 4.19. The molecule has 2 nitrogen and oxygen atoms in total. The first-order chi connectivity index (χ1) is 18.6. The molecule has 4 aromatic carbocycles. The van der Waals surface area contributed by atoms with Gasteiger partial charge in [-0.1, -0.05) is 105 Å². The molecule has 4 aromatic rings. The lowest BCUT2D eigenvalue weighted by Crippen LogP contribution is -2.30. The Morgan fingerprint density at radius 2 is 1.13 bits per heavy atom. The monoisotopic (exact) mass is 524 g/mol. The SMILES string of the molecule is CC(C)Oc1ccc2ccccc2c1-c1c(P(=O)(C2CCCCC2)C2CCCCC2)ccc2ccccc12. The Labute approximate surface area is 228 Å². The summed E-state index contributed by atoms with van der Waals surface area (Å²) in [5.74, 6) is 0.898. The standard InChI is InChI=1S/C35H41O2P/c1-25(2)37-32-23-21-26-13-9-11-19-30(26)34(32)35-31-20-12-10-14-27(31)22-24-33(35)38(36,28-15-5-3-6-16-28)29-17-7-4-8-18-29/h9-14,19-25,28-29H,3-8,15-18H2,1-2H3. The second-order valence-corrected chi connectivity index (χ2v) is 15.2. The van der Waals surface area contributed by atoms with Gasteiger partial charge < -0.3 is 9.30 Å². The first kappa shape index (κ1) is 25.7. The van der Waals surface area contributed by atoms with Gasteiger partial charge in [-0.2, -0.15) is 0 Å². The summed E-state index contributed by atoms with van der Waals surface area (Å²) in [7, 11) is -2.72. The normalized spacial score (nSPS) is 17.9. The largest absolute Gasteiger partial charge is 0.490 e. The van der Waals surface area contributed by atoms with E-state index in [9.17, 15) is 0 Å². The molecule has 0 atom stereocenters. The van der Waals surface area contributed by atoms with E-state index in [-0.39, 0.29) is 6.10 Å². The van der Waals surface area contributed by atoms with E-state index in [4.69, 9.17) is 4.74 Å². The molecule has 0 unspecified atom stereocenters. The summed E-state index contributed by atoms with van der Waals surface area (Å²) in [4.78, 5) is 0. The van der Waals surface area contributed by atoms with Gasteiger partial charge in [0, 0.05) is 27.7 Å². The van der Waals surface area contributed by atoms with Crippen molar-refractivity contribution in [3.8, 4) is 16.9 Å². The molecular weight excluding hydrogens is 483 g/mol. The van der Waals surface area contributed by atoms with Crippen molar-refractivity contribution in [3.05, 3.63) is 72.8 Å². The first-order valence-electron chi connectivity index (χ1n) is 14.9. The molecule has 0 aliphatic heterocycles. The topological polar surface area (TPSA) is 26.3 Å². The highest BCUT2D eigenvalue weighted by molar-refractivity contribution is 7.73. The fourth-order valence-electron chi connectivity index (χ4n) is 7.30. The molecule has 0 spiro atoms. The van der Waals surface area contributed by atoms with Gasteiger partial charge in [-0.15, -0.1) is 0 Å². The summed E-state index contributed by atoms with van der Waals surface area (Å²) in [6, 6.07) is 26.1. The van der Waals surface area contributed by atoms with Crippen molar-refractivity contribution in [3.63, 3.8) is 0 Å². The van der Waals surface area contributed by atoms with Crippen molar-refractivity contribution in [1.82, 2.24) is 0 Å². The van der Waals surface area contributed by atoms with Gasteiger partial charge in [-0.3, -0.25) is 0 Å². The minimum absolute atomic E-state index is 0.0526. The number of benzene rings is 4. The van der Waals surface area contributed by atoms with Crippen molar-refractivity contribution < 1.29 is 9.30 Å². The van der Waals surface area contributed by atoms with Crippen LogP contribution >= 0.6 is 7.14 Å². The highest BCUT2D eigenvalue weighted by atomic mass is 31.2. The summed E-state index contributed by atoms with van der Waals surface area (Å²) < 4.78 is 22.5. The lowest BCUT2D eigenvalue weighted by molar-refractivity contribution is 0.244. The molecule has 2 aliphatic rings. The van der Waals surface area contributed by atoms with Crippen LogP contribution in [0.3, 0.4) is 0 Å². The highest BCUT2D eigenvalue weighted by Gasteiger charge is 2.44. The van der Waals surface area contributed by atoms with E-state index < -0.39 is 7.14 Å². The lowest BCUT2D eigenvalue weighted by Gasteiger charge is -2.39. The van der Waals surface area contributed by atoms with E-state index in [2.05, 4.69) is 86.6 Å². The maximum atomic E-state index is 16.0. The van der Waals surface area contributed by atoms with Gasteiger partial charge in [-0.25, -0.2) is 0 Å². The molecule has 2 saturated carbocycles. The maximum absolute atomic E-state index is 16.0. The zero-order valence-electron chi connectivity index (χ0n) is 23.0. The van der Waals surface area contributed by atoms with E-state index in [1.165, 1.54) is 60.1 Å². The fourth-order valence-corrected chi connectivity index (χ4v) is 11.8. The minimum atomic E-state index is -2.72. The average Bonchev–Trinajstić information content (AvgIpc) is 2.97. The molecule has 2 fully saturated rings. The van der Waals surface area contributed by atoms with Crippen LogP contribution in [0.1, 0.15) is 78.1 Å². The van der Waals surface area contributed by atoms with Crippen LogP contribution in [0.15, 0.2) is 72.8 Å². The van der Waals surface area contributed by atoms with Gasteiger partial charge in [0.15, 0.2) is 0 Å². The van der Waals surface area contributed by atoms with Crippen LogP contribution in [0.4, 0.5) is 0 Å². The van der Waals surface area contributed by atoms with Gasteiger partial charge >= 0.3 is 0 Å². The number of fused-ring (bicyclic) bond motifs is 2. The molecule has 0 heterocycles. The minimum Gasteiger partial charge on any atom is -0.490 e. The Kier molecular flexibility index (Phi) is 7.37. The lowest BCUT2D eigenvalue weighted by atomic mass is 9.93. The molecule has 0 aromatic heterocycles. The average molecular weight is 525 g/mol. The number of rotatable bonds is 6. The molecule has 198 valence electrons. The molecule has 3 heteroatoms. The predicted molar refractivity (Wildman–Crippen MR) is 164 cm³/mol. The highest BCUT2D eigenvalue weighted by Crippen LogP contribution is 2.63. The molecule has 38 heavy (non-hydrogen) atoms. The number of hydrogen-bond donors (Lipinski definition) is 0. The Hall–Kier alpha value is -2.57. The summed E-state index contributed by atoms with van der Waals surface area (Å²) in [5, 5.41) is 5.90. The van der Waals surface area contributed by atoms with E-state index in [1.54, 1.807) is 0 Å². The Balaban J connectivity index is 1.71. The fraction of sp³-hybridized carbons (Fsp3) is 0.429. The van der Waals surface area contributed by atoms with Gasteiger partial charge in [0.05, 0.1) is 6.10 Å². The van der Waals surface area contributed by atoms with Crippen LogP contribution in [-0.4, -0.2) is 17.4 Å². The third-order valence-electron chi connectivity index (χ3n) is 9.02. The van der Waals surface area contributed by atoms with Crippen molar-refractivity contribution in [2.75, 3.05) is 0 Å². The number of ether oxygens (including phenoxy) is 1. The van der Waals surface area contributed by atoms with Crippen molar-refractivity contribution in [1.29, 1.82) is 0 Å². The van der Waals surface area contributed by atoms with Gasteiger partial charge in [-0.05, 0) is 67.1 Å². The zero-order chi connectivity index (χ0) is 26.1. The van der Waals surface area contributed by atoms with Crippen LogP contribution in [0.2, 0.25) is 0 Å². The third kappa shape index (κ3) is 4.60. The van der Waals surface area contributed by atoms with E-state index >= 15 is 4.57 Å². The quantitative estimate of drug-likeness (QED) is 0.235. The van der Waals surface area contributed by atoms with Crippen molar-refractivity contribution in [2.24, 2.45) is 0 Å². The van der Waals surface area contributed by atoms with Crippen LogP contribution in [0.25, 0.3) is 32.7 Å². The van der Waals surface area contributed by atoms with Crippen LogP contribution in [0.5, 0.6) is 5.75 Å². The molecular formula is C35H41O2P. The maximum Gasteiger partial charge on any atom is 0.128 e. The molecule has 0 N–H and O–H groups in total. The smallest absolute Gasteiger partial charge is 0.128 e. The Bertz CT molecular complexity index is 1450. The molecule has 0 radical (unpaired) electrons. The second-order valence-electron chi connectivity index (χ2n) is 11.8. The van der Waals surface area contributed by atoms with Crippen LogP contribution in [-0.2, 0) is 4.57 Å². The summed E-state index contributed by atoms with van der Waals surface area (Å²) in [6.07, 6.45) is 11.9. The molecule has 0 bridgehead atoms. The third-order valence-corrected chi connectivity index (χ3v) is 13.3. The first-order valence-corrected chi connectivity index (χ1v) is 16.7. The van der Waals surface area contributed by atoms with E-state index in [0.717, 1.165) is 47.9 Å². The predicted octanol–water partition coefficient (Wildman–Crippen LogP) is 10.1. The molecule has 2 aliphatic carbocycles. The number of hydrogen-bond acceptors (Lipinski definition) is 2. The van der Waals surface area contributed by atoms with Crippen LogP contribution < -0.4 is 10.0 Å². The van der Waals surface area contributed by atoms with Crippen molar-refractivity contribution in [2.45, 2.75) is 95.5 Å². The van der Waals surface area contributed by atoms with Gasteiger partial charge in [0.25, 0.3) is 0 Å². The van der Waals surface area contributed by atoms with Crippen LogP contribution in [0, 0.1) is 0 Å². The summed E-state index contributed by atoms with van der Waals surface area (Å²) in [5.41, 5.74) is 2.87. The van der Waals surface area contributed by atoms with E-state index in [0.29, 0.717) is 11.3 Å². The second kappa shape index (κ2) is 10.9. The zero-order valence-corrected chi connectivity index (χ0v) is 23.9.